The maximum absolute atomic E-state index is 12.7. The molecule has 0 aromatic heterocycles. The van der Waals surface area contributed by atoms with E-state index < -0.39 is 34.2 Å². The summed E-state index contributed by atoms with van der Waals surface area (Å²) in [5, 5.41) is 0.0186. The second-order valence-corrected chi connectivity index (χ2v) is 9.17. The van der Waals surface area contributed by atoms with Crippen LogP contribution in [0.4, 0.5) is 0 Å². The molecule has 0 N–H and O–H groups in total. The Morgan fingerprint density at radius 1 is 1.22 bits per heavy atom. The molecule has 1 aromatic carbocycles. The van der Waals surface area contributed by atoms with E-state index in [1.165, 1.54) is 16.4 Å². The van der Waals surface area contributed by atoms with Crippen LogP contribution in [0, 0.1) is 0 Å². The topological polar surface area (TPSA) is 99.2 Å². The number of ether oxygens (including phenoxy) is 3. The number of morpholine rings is 1. The van der Waals surface area contributed by atoms with Gasteiger partial charge in [-0.25, -0.2) is 18.0 Å². The second-order valence-electron chi connectivity index (χ2n) is 6.82. The molecule has 1 aromatic rings. The monoisotopic (exact) mass is 419 g/mol. The van der Waals surface area contributed by atoms with Crippen LogP contribution in [0.5, 0.6) is 0 Å². The Bertz CT molecular complexity index is 811. The highest BCUT2D eigenvalue weighted by Crippen LogP contribution is 2.24. The average Bonchev–Trinajstić information content (AvgIpc) is 2.59. The van der Waals surface area contributed by atoms with Gasteiger partial charge in [-0.05, 0) is 39.0 Å². The van der Waals surface area contributed by atoms with Gasteiger partial charge in [0.05, 0.1) is 28.7 Å². The minimum absolute atomic E-state index is 0.0186. The average molecular weight is 420 g/mol. The molecule has 0 unspecified atom stereocenters. The van der Waals surface area contributed by atoms with Gasteiger partial charge in [0.2, 0.25) is 10.0 Å². The van der Waals surface area contributed by atoms with Gasteiger partial charge in [0.25, 0.3) is 0 Å². The Kier molecular flexibility index (Phi) is 6.85. The van der Waals surface area contributed by atoms with Crippen molar-refractivity contribution in [2.45, 2.75) is 31.3 Å². The van der Waals surface area contributed by atoms with Crippen LogP contribution in [-0.2, 0) is 29.0 Å². The molecule has 1 fully saturated rings. The van der Waals surface area contributed by atoms with Crippen LogP contribution in [0.2, 0.25) is 5.02 Å². The van der Waals surface area contributed by atoms with Crippen LogP contribution < -0.4 is 0 Å². The summed E-state index contributed by atoms with van der Waals surface area (Å²) in [4.78, 5) is 23.8. The Balaban J connectivity index is 2.14. The van der Waals surface area contributed by atoms with Crippen molar-refractivity contribution in [2.75, 3.05) is 32.9 Å². The quantitative estimate of drug-likeness (QED) is 0.671. The van der Waals surface area contributed by atoms with Crippen LogP contribution in [0.25, 0.3) is 0 Å². The van der Waals surface area contributed by atoms with E-state index in [4.69, 9.17) is 25.8 Å². The van der Waals surface area contributed by atoms with E-state index in [2.05, 4.69) is 0 Å². The number of carbonyl (C=O) groups is 2. The molecule has 0 spiro atoms. The van der Waals surface area contributed by atoms with Crippen molar-refractivity contribution in [1.29, 1.82) is 0 Å². The minimum Gasteiger partial charge on any atom is -0.457 e. The molecule has 10 heteroatoms. The third-order valence-corrected chi connectivity index (χ3v) is 5.73. The number of halogens is 1. The molecule has 0 aliphatic carbocycles. The molecule has 1 aliphatic heterocycles. The van der Waals surface area contributed by atoms with Crippen LogP contribution >= 0.6 is 11.6 Å². The maximum atomic E-state index is 12.7. The molecule has 0 amide bonds. The van der Waals surface area contributed by atoms with E-state index in [1.54, 1.807) is 20.8 Å². The maximum Gasteiger partial charge on any atom is 0.344 e. The van der Waals surface area contributed by atoms with Gasteiger partial charge >= 0.3 is 11.9 Å². The largest absolute Gasteiger partial charge is 0.457 e. The number of hydrogen-bond donors (Lipinski definition) is 0. The Hall–Kier alpha value is -1.68. The molecule has 1 heterocycles. The third kappa shape index (κ3) is 5.90. The predicted octanol–water partition coefficient (Wildman–Crippen LogP) is 1.86. The van der Waals surface area contributed by atoms with Crippen molar-refractivity contribution < 1.29 is 32.2 Å². The Morgan fingerprint density at radius 3 is 2.44 bits per heavy atom. The lowest BCUT2D eigenvalue weighted by atomic mass is 10.2. The molecule has 0 radical (unpaired) electrons. The molecular weight excluding hydrogens is 398 g/mol. The summed E-state index contributed by atoms with van der Waals surface area (Å²) < 4.78 is 41.8. The van der Waals surface area contributed by atoms with Gasteiger partial charge in [0.15, 0.2) is 6.61 Å². The number of sulfonamides is 1. The molecule has 0 atom stereocenters. The summed E-state index contributed by atoms with van der Waals surface area (Å²) in [6, 6.07) is 3.77. The van der Waals surface area contributed by atoms with Crippen LogP contribution in [0.1, 0.15) is 31.1 Å². The first-order valence-corrected chi connectivity index (χ1v) is 10.1. The normalized spacial score (nSPS) is 16.0. The molecule has 8 nitrogen and oxygen atoms in total. The van der Waals surface area contributed by atoms with Gasteiger partial charge in [-0.3, -0.25) is 0 Å². The lowest BCUT2D eigenvalue weighted by molar-refractivity contribution is -0.158. The number of carbonyl (C=O) groups excluding carboxylic acids is 2. The van der Waals surface area contributed by atoms with Gasteiger partial charge in [0.1, 0.15) is 5.60 Å². The van der Waals surface area contributed by atoms with Gasteiger partial charge in [0, 0.05) is 13.1 Å². The van der Waals surface area contributed by atoms with Crippen LogP contribution in [0.3, 0.4) is 0 Å². The highest BCUT2D eigenvalue weighted by atomic mass is 35.5. The van der Waals surface area contributed by atoms with Gasteiger partial charge < -0.3 is 14.2 Å². The summed E-state index contributed by atoms with van der Waals surface area (Å²) in [6.07, 6.45) is 0. The molecular formula is C17H22ClNO7S. The summed E-state index contributed by atoms with van der Waals surface area (Å²) in [5.74, 6) is -1.63. The number of hydrogen-bond acceptors (Lipinski definition) is 7. The highest BCUT2D eigenvalue weighted by molar-refractivity contribution is 7.89. The summed E-state index contributed by atoms with van der Waals surface area (Å²) in [6.45, 7) is 5.51. The molecule has 0 saturated carbocycles. The first kappa shape index (κ1) is 21.6. The van der Waals surface area contributed by atoms with E-state index in [1.807, 2.05) is 0 Å². The molecule has 2 rings (SSSR count). The van der Waals surface area contributed by atoms with Crippen molar-refractivity contribution in [3.05, 3.63) is 28.8 Å². The lowest BCUT2D eigenvalue weighted by Gasteiger charge is -2.26. The Morgan fingerprint density at radius 2 is 1.85 bits per heavy atom. The second kappa shape index (κ2) is 8.55. The van der Waals surface area contributed by atoms with E-state index in [0.717, 1.165) is 6.07 Å². The zero-order valence-electron chi connectivity index (χ0n) is 15.4. The predicted molar refractivity (Wildman–Crippen MR) is 97.2 cm³/mol. The van der Waals surface area contributed by atoms with Crippen LogP contribution in [-0.4, -0.2) is 63.2 Å². The van der Waals surface area contributed by atoms with Gasteiger partial charge in [-0.15, -0.1) is 0 Å². The van der Waals surface area contributed by atoms with Crippen molar-refractivity contribution >= 4 is 33.6 Å². The van der Waals surface area contributed by atoms with Crippen molar-refractivity contribution in [1.82, 2.24) is 4.31 Å². The molecule has 1 saturated heterocycles. The SMILES string of the molecule is CC(C)(C)OC(=O)COC(=O)c1cc(S(=O)(=O)N2CCOCC2)ccc1Cl. The fraction of sp³-hybridized carbons (Fsp3) is 0.529. The first-order chi connectivity index (χ1) is 12.5. The lowest BCUT2D eigenvalue weighted by Crippen LogP contribution is -2.40. The van der Waals surface area contributed by atoms with E-state index in [0.29, 0.717) is 13.2 Å². The third-order valence-electron chi connectivity index (χ3n) is 3.51. The van der Waals surface area contributed by atoms with Crippen LogP contribution in [0.15, 0.2) is 23.1 Å². The Labute approximate surface area is 163 Å². The smallest absolute Gasteiger partial charge is 0.344 e. The van der Waals surface area contributed by atoms with Crippen molar-refractivity contribution in [2.24, 2.45) is 0 Å². The zero-order valence-corrected chi connectivity index (χ0v) is 16.9. The standard InChI is InChI=1S/C17H22ClNO7S/c1-17(2,3)26-15(20)11-25-16(21)13-10-12(4-5-14(13)18)27(22,23)19-6-8-24-9-7-19/h4-5,10H,6-9,11H2,1-3H3. The van der Waals surface area contributed by atoms with Crippen molar-refractivity contribution in [3.63, 3.8) is 0 Å². The molecule has 150 valence electrons. The fourth-order valence-corrected chi connectivity index (χ4v) is 3.96. The summed E-state index contributed by atoms with van der Waals surface area (Å²) >= 11 is 6.00. The number of rotatable bonds is 5. The zero-order chi connectivity index (χ0) is 20.2. The van der Waals surface area contributed by atoms with E-state index in [9.17, 15) is 18.0 Å². The summed E-state index contributed by atoms with van der Waals surface area (Å²) in [5.41, 5.74) is -0.859. The number of nitrogens with zero attached hydrogens (tertiary/aromatic N) is 1. The van der Waals surface area contributed by atoms with Gasteiger partial charge in [-0.1, -0.05) is 11.6 Å². The van der Waals surface area contributed by atoms with E-state index >= 15 is 0 Å². The number of benzene rings is 1. The number of esters is 2. The first-order valence-electron chi connectivity index (χ1n) is 8.27. The van der Waals surface area contributed by atoms with Crippen molar-refractivity contribution in [3.8, 4) is 0 Å². The van der Waals surface area contributed by atoms with Gasteiger partial charge in [-0.2, -0.15) is 4.31 Å². The van der Waals surface area contributed by atoms with E-state index in [-0.39, 0.29) is 28.6 Å². The summed E-state index contributed by atoms with van der Waals surface area (Å²) in [7, 11) is -3.79. The molecule has 0 bridgehead atoms. The fourth-order valence-electron chi connectivity index (χ4n) is 2.33. The minimum atomic E-state index is -3.79. The molecule has 1 aliphatic rings. The molecule has 27 heavy (non-hydrogen) atoms. The highest BCUT2D eigenvalue weighted by Gasteiger charge is 2.28.